The summed E-state index contributed by atoms with van der Waals surface area (Å²) < 4.78 is 0. The number of aromatic amines is 1. The van der Waals surface area contributed by atoms with Crippen LogP contribution in [0, 0.1) is 6.92 Å². The van der Waals surface area contributed by atoms with Gasteiger partial charge < -0.3 is 10.3 Å². The van der Waals surface area contributed by atoms with E-state index < -0.39 is 0 Å². The van der Waals surface area contributed by atoms with Crippen molar-refractivity contribution in [2.45, 2.75) is 38.6 Å². The Morgan fingerprint density at radius 1 is 1.09 bits per heavy atom. The van der Waals surface area contributed by atoms with Crippen molar-refractivity contribution in [3.63, 3.8) is 0 Å². The number of anilines is 1. The van der Waals surface area contributed by atoms with E-state index in [1.807, 2.05) is 12.1 Å². The molecule has 0 radical (unpaired) electrons. The van der Waals surface area contributed by atoms with Crippen LogP contribution in [0.15, 0.2) is 42.5 Å². The van der Waals surface area contributed by atoms with Crippen LogP contribution in [-0.4, -0.2) is 11.0 Å². The van der Waals surface area contributed by atoms with Crippen LogP contribution >= 0.6 is 11.6 Å². The molecule has 0 bridgehead atoms. The van der Waals surface area contributed by atoms with E-state index in [1.165, 1.54) is 36.8 Å². The lowest BCUT2D eigenvalue weighted by atomic mass is 10.1. The largest absolute Gasteiger partial charge is 0.381 e. The molecule has 2 nitrogen and oxygen atoms in total. The summed E-state index contributed by atoms with van der Waals surface area (Å²) in [6, 6.07) is 15.3. The molecule has 2 aromatic carbocycles. The van der Waals surface area contributed by atoms with Gasteiger partial charge in [0.15, 0.2) is 0 Å². The normalized spacial score (nSPS) is 15.4. The number of aromatic nitrogens is 1. The Morgan fingerprint density at radius 2 is 1.87 bits per heavy atom. The lowest BCUT2D eigenvalue weighted by molar-refractivity contribution is 0.756. The van der Waals surface area contributed by atoms with Crippen molar-refractivity contribution in [3.05, 3.63) is 53.1 Å². The maximum absolute atomic E-state index is 6.34. The average molecular weight is 325 g/mol. The number of rotatable bonds is 3. The second-order valence-electron chi connectivity index (χ2n) is 6.54. The smallest absolute Gasteiger partial charge is 0.0695 e. The van der Waals surface area contributed by atoms with Gasteiger partial charge in [-0.15, -0.1) is 0 Å². The highest BCUT2D eigenvalue weighted by Crippen LogP contribution is 2.34. The Bertz CT molecular complexity index is 844. The van der Waals surface area contributed by atoms with Crippen molar-refractivity contribution >= 4 is 28.2 Å². The van der Waals surface area contributed by atoms with Crippen molar-refractivity contribution in [2.75, 3.05) is 5.32 Å². The average Bonchev–Trinajstić information content (AvgIpc) is 3.17. The molecule has 0 aliphatic heterocycles. The minimum atomic E-state index is 0.571. The summed E-state index contributed by atoms with van der Waals surface area (Å²) in [4.78, 5) is 3.60. The molecule has 0 atom stereocenters. The topological polar surface area (TPSA) is 27.8 Å². The Morgan fingerprint density at radius 3 is 2.65 bits per heavy atom. The zero-order chi connectivity index (χ0) is 15.8. The molecular weight excluding hydrogens is 304 g/mol. The van der Waals surface area contributed by atoms with Gasteiger partial charge in [0.25, 0.3) is 0 Å². The van der Waals surface area contributed by atoms with Crippen LogP contribution in [0.5, 0.6) is 0 Å². The van der Waals surface area contributed by atoms with E-state index in [-0.39, 0.29) is 0 Å². The van der Waals surface area contributed by atoms with Crippen molar-refractivity contribution in [2.24, 2.45) is 0 Å². The maximum Gasteiger partial charge on any atom is 0.0695 e. The van der Waals surface area contributed by atoms with Gasteiger partial charge in [-0.05, 0) is 43.5 Å². The number of benzene rings is 2. The molecule has 0 spiro atoms. The van der Waals surface area contributed by atoms with Crippen LogP contribution in [0.25, 0.3) is 22.2 Å². The molecule has 3 aromatic rings. The fraction of sp³-hybridized carbons (Fsp3) is 0.300. The van der Waals surface area contributed by atoms with Gasteiger partial charge in [-0.25, -0.2) is 0 Å². The first kappa shape index (κ1) is 14.6. The fourth-order valence-corrected chi connectivity index (χ4v) is 3.86. The molecule has 2 N–H and O–H groups in total. The third kappa shape index (κ3) is 2.84. The van der Waals surface area contributed by atoms with Crippen LogP contribution < -0.4 is 5.32 Å². The minimum Gasteiger partial charge on any atom is -0.381 e. The first-order valence-corrected chi connectivity index (χ1v) is 8.73. The molecule has 1 fully saturated rings. The first-order chi connectivity index (χ1) is 11.2. The number of fused-ring (bicyclic) bond motifs is 1. The highest BCUT2D eigenvalue weighted by atomic mass is 35.5. The van der Waals surface area contributed by atoms with Crippen LogP contribution in [0.3, 0.4) is 0 Å². The van der Waals surface area contributed by atoms with E-state index in [1.54, 1.807) is 0 Å². The molecule has 3 heteroatoms. The zero-order valence-electron chi connectivity index (χ0n) is 13.3. The van der Waals surface area contributed by atoms with Crippen LogP contribution in [0.4, 0.5) is 5.69 Å². The lowest BCUT2D eigenvalue weighted by Crippen LogP contribution is -2.14. The molecule has 1 heterocycles. The molecule has 1 saturated carbocycles. The Hall–Kier alpha value is -1.93. The summed E-state index contributed by atoms with van der Waals surface area (Å²) in [7, 11) is 0. The highest BCUT2D eigenvalue weighted by Gasteiger charge is 2.17. The van der Waals surface area contributed by atoms with Gasteiger partial charge in [0.1, 0.15) is 0 Å². The van der Waals surface area contributed by atoms with Gasteiger partial charge in [0.05, 0.1) is 11.2 Å². The molecule has 1 aromatic heterocycles. The Kier molecular flexibility index (Phi) is 3.78. The van der Waals surface area contributed by atoms with E-state index in [4.69, 9.17) is 11.6 Å². The second-order valence-corrected chi connectivity index (χ2v) is 6.98. The third-order valence-corrected chi connectivity index (χ3v) is 5.06. The molecule has 23 heavy (non-hydrogen) atoms. The SMILES string of the molecule is Cc1ccccc1-c1cc2cc(Cl)cc(NC3CCCC3)c2[nH]1. The van der Waals surface area contributed by atoms with E-state index in [2.05, 4.69) is 47.6 Å². The number of H-pyrrole nitrogens is 1. The maximum atomic E-state index is 6.34. The van der Waals surface area contributed by atoms with Gasteiger partial charge in [0.2, 0.25) is 0 Å². The van der Waals surface area contributed by atoms with Crippen LogP contribution in [-0.2, 0) is 0 Å². The molecule has 1 aliphatic rings. The summed E-state index contributed by atoms with van der Waals surface area (Å²) >= 11 is 6.34. The van der Waals surface area contributed by atoms with Gasteiger partial charge in [-0.2, -0.15) is 0 Å². The Balaban J connectivity index is 1.79. The number of nitrogens with one attached hydrogen (secondary N) is 2. The lowest BCUT2D eigenvalue weighted by Gasteiger charge is -2.14. The molecule has 0 amide bonds. The third-order valence-electron chi connectivity index (χ3n) is 4.84. The number of hydrogen-bond acceptors (Lipinski definition) is 1. The molecular formula is C20H21ClN2. The zero-order valence-corrected chi connectivity index (χ0v) is 14.1. The molecule has 4 rings (SSSR count). The van der Waals surface area contributed by atoms with E-state index in [9.17, 15) is 0 Å². The minimum absolute atomic E-state index is 0.571. The predicted molar refractivity (Wildman–Crippen MR) is 99.4 cm³/mol. The monoisotopic (exact) mass is 324 g/mol. The van der Waals surface area contributed by atoms with Gasteiger partial charge in [-0.3, -0.25) is 0 Å². The molecule has 1 aliphatic carbocycles. The van der Waals surface area contributed by atoms with Crippen LogP contribution in [0.2, 0.25) is 5.02 Å². The van der Waals surface area contributed by atoms with Crippen molar-refractivity contribution < 1.29 is 0 Å². The van der Waals surface area contributed by atoms with Gasteiger partial charge in [-0.1, -0.05) is 48.7 Å². The van der Waals surface area contributed by atoms with E-state index in [0.29, 0.717) is 6.04 Å². The fourth-order valence-electron chi connectivity index (χ4n) is 3.63. The standard InChI is InChI=1S/C20H21ClN2/c1-13-6-2-5-9-17(13)18-11-14-10-15(21)12-19(20(14)23-18)22-16-7-3-4-8-16/h2,5-6,9-12,16,22-23H,3-4,7-8H2,1H3. The second kappa shape index (κ2) is 5.93. The Labute approximate surface area is 141 Å². The quantitative estimate of drug-likeness (QED) is 0.594. The summed E-state index contributed by atoms with van der Waals surface area (Å²) in [6.45, 7) is 2.14. The van der Waals surface area contributed by atoms with Crippen molar-refractivity contribution in [1.82, 2.24) is 4.98 Å². The summed E-state index contributed by atoms with van der Waals surface area (Å²) in [6.07, 6.45) is 5.14. The summed E-state index contributed by atoms with van der Waals surface area (Å²) in [5.74, 6) is 0. The van der Waals surface area contributed by atoms with E-state index >= 15 is 0 Å². The van der Waals surface area contributed by atoms with Gasteiger partial charge >= 0.3 is 0 Å². The molecule has 0 saturated heterocycles. The number of hydrogen-bond donors (Lipinski definition) is 2. The molecule has 0 unspecified atom stereocenters. The summed E-state index contributed by atoms with van der Waals surface area (Å²) in [5, 5.41) is 5.64. The molecule has 118 valence electrons. The first-order valence-electron chi connectivity index (χ1n) is 8.35. The van der Waals surface area contributed by atoms with Gasteiger partial charge in [0, 0.05) is 27.7 Å². The van der Waals surface area contributed by atoms with Crippen molar-refractivity contribution in [1.29, 1.82) is 0 Å². The number of halogens is 1. The van der Waals surface area contributed by atoms with Crippen LogP contribution in [0.1, 0.15) is 31.2 Å². The van der Waals surface area contributed by atoms with E-state index in [0.717, 1.165) is 27.3 Å². The highest BCUT2D eigenvalue weighted by molar-refractivity contribution is 6.32. The number of aryl methyl sites for hydroxylation is 1. The summed E-state index contributed by atoms with van der Waals surface area (Å²) in [5.41, 5.74) is 5.94. The van der Waals surface area contributed by atoms with Crippen molar-refractivity contribution in [3.8, 4) is 11.3 Å². The predicted octanol–water partition coefficient (Wildman–Crippen LogP) is 6.15.